The minimum absolute atomic E-state index is 0.0472. The number of primary sulfonamides is 1. The Morgan fingerprint density at radius 1 is 1.36 bits per heavy atom. The maximum atomic E-state index is 12.4. The molecule has 0 radical (unpaired) electrons. The van der Waals surface area contributed by atoms with Crippen LogP contribution in [0, 0.1) is 0 Å². The van der Waals surface area contributed by atoms with E-state index in [-0.39, 0.29) is 23.0 Å². The van der Waals surface area contributed by atoms with Crippen LogP contribution in [0.2, 0.25) is 0 Å². The number of carbonyl (C=O) groups is 1. The summed E-state index contributed by atoms with van der Waals surface area (Å²) in [5, 5.41) is 5.03. The number of rotatable bonds is 5. The van der Waals surface area contributed by atoms with Crippen molar-refractivity contribution in [1.82, 2.24) is 4.90 Å². The summed E-state index contributed by atoms with van der Waals surface area (Å²) in [6.45, 7) is -2.49. The summed E-state index contributed by atoms with van der Waals surface area (Å²) in [6.07, 6.45) is 1.26. The Morgan fingerprint density at radius 2 is 2.00 bits per heavy atom. The van der Waals surface area contributed by atoms with Crippen LogP contribution in [-0.2, 0) is 10.0 Å². The summed E-state index contributed by atoms with van der Waals surface area (Å²) in [7, 11) is -3.67. The van der Waals surface area contributed by atoms with Crippen LogP contribution in [0.3, 0.4) is 0 Å². The molecule has 1 fully saturated rings. The molecule has 9 heteroatoms. The summed E-state index contributed by atoms with van der Waals surface area (Å²) < 4.78 is 50.7. The first-order chi connectivity index (χ1) is 10.3. The Balaban J connectivity index is 2.10. The van der Waals surface area contributed by atoms with Gasteiger partial charge in [-0.15, -0.1) is 0 Å². The van der Waals surface area contributed by atoms with Gasteiger partial charge in [-0.1, -0.05) is 0 Å². The van der Waals surface area contributed by atoms with Gasteiger partial charge in [-0.25, -0.2) is 13.6 Å². The Hall–Kier alpha value is -1.74. The molecule has 1 atom stereocenters. The van der Waals surface area contributed by atoms with E-state index in [0.717, 1.165) is 0 Å². The fourth-order valence-electron chi connectivity index (χ4n) is 2.49. The first-order valence-corrected chi connectivity index (χ1v) is 8.34. The molecule has 2 N–H and O–H groups in total. The number of benzene rings is 1. The van der Waals surface area contributed by atoms with Gasteiger partial charge < -0.3 is 9.64 Å². The average molecular weight is 334 g/mol. The first-order valence-electron chi connectivity index (χ1n) is 6.62. The second-order valence-corrected chi connectivity index (χ2v) is 6.69. The van der Waals surface area contributed by atoms with Gasteiger partial charge in [-0.3, -0.25) is 4.79 Å². The molecule has 1 aliphatic heterocycles. The number of amides is 1. The number of nitrogens with two attached hydrogens (primary N) is 1. The third kappa shape index (κ3) is 4.38. The summed E-state index contributed by atoms with van der Waals surface area (Å²) in [5.41, 5.74) is 0.280. The van der Waals surface area contributed by atoms with Gasteiger partial charge in [0.05, 0.1) is 5.75 Å². The average Bonchev–Trinajstić information content (AvgIpc) is 2.84. The van der Waals surface area contributed by atoms with Crippen LogP contribution < -0.4 is 9.88 Å². The molecule has 1 aliphatic rings. The minimum atomic E-state index is -3.67. The fourth-order valence-corrected chi connectivity index (χ4v) is 3.37. The van der Waals surface area contributed by atoms with E-state index < -0.39 is 22.7 Å². The number of hydrogen-bond acceptors (Lipinski definition) is 4. The number of carbonyl (C=O) groups excluding carboxylic acids is 1. The van der Waals surface area contributed by atoms with Crippen molar-refractivity contribution >= 4 is 15.9 Å². The highest BCUT2D eigenvalue weighted by atomic mass is 32.2. The lowest BCUT2D eigenvalue weighted by atomic mass is 10.1. The van der Waals surface area contributed by atoms with E-state index in [1.54, 1.807) is 0 Å². The Kier molecular flexibility index (Phi) is 4.97. The molecule has 0 bridgehead atoms. The van der Waals surface area contributed by atoms with Gasteiger partial charge in [0.15, 0.2) is 0 Å². The monoisotopic (exact) mass is 334 g/mol. The lowest BCUT2D eigenvalue weighted by Crippen LogP contribution is -2.41. The smallest absolute Gasteiger partial charge is 0.387 e. The Morgan fingerprint density at radius 3 is 2.55 bits per heavy atom. The highest BCUT2D eigenvalue weighted by Gasteiger charge is 2.31. The molecule has 1 amide bonds. The zero-order valence-electron chi connectivity index (χ0n) is 11.6. The molecule has 0 aliphatic carbocycles. The minimum Gasteiger partial charge on any atom is -0.435 e. The second-order valence-electron chi connectivity index (χ2n) is 5.03. The predicted octanol–water partition coefficient (Wildman–Crippen LogP) is 1.18. The van der Waals surface area contributed by atoms with E-state index in [9.17, 15) is 22.0 Å². The number of sulfonamides is 1. The second kappa shape index (κ2) is 6.57. The lowest BCUT2D eigenvalue weighted by molar-refractivity contribution is -0.0498. The maximum absolute atomic E-state index is 12.4. The van der Waals surface area contributed by atoms with Crippen molar-refractivity contribution in [2.75, 3.05) is 12.3 Å². The third-order valence-electron chi connectivity index (χ3n) is 3.39. The van der Waals surface area contributed by atoms with E-state index in [4.69, 9.17) is 5.14 Å². The SMILES string of the molecule is NS(=O)(=O)C[C@@H]1CCCN1C(=O)c1ccc(OC(F)F)cc1. The lowest BCUT2D eigenvalue weighted by Gasteiger charge is -2.24. The van der Waals surface area contributed by atoms with E-state index >= 15 is 0 Å². The number of halogens is 2. The molecule has 1 aromatic carbocycles. The van der Waals surface area contributed by atoms with Gasteiger partial charge in [0.2, 0.25) is 10.0 Å². The van der Waals surface area contributed by atoms with Gasteiger partial charge in [-0.05, 0) is 37.1 Å². The molecule has 2 rings (SSSR count). The molecule has 22 heavy (non-hydrogen) atoms. The van der Waals surface area contributed by atoms with Crippen molar-refractivity contribution in [2.24, 2.45) is 5.14 Å². The van der Waals surface area contributed by atoms with Gasteiger partial charge in [0.1, 0.15) is 5.75 Å². The van der Waals surface area contributed by atoms with Gasteiger partial charge in [0.25, 0.3) is 5.91 Å². The van der Waals surface area contributed by atoms with Gasteiger partial charge >= 0.3 is 6.61 Å². The maximum Gasteiger partial charge on any atom is 0.387 e. The largest absolute Gasteiger partial charge is 0.435 e. The molecule has 6 nitrogen and oxygen atoms in total. The fraction of sp³-hybridized carbons (Fsp3) is 0.462. The van der Waals surface area contributed by atoms with Crippen LogP contribution in [0.4, 0.5) is 8.78 Å². The Labute approximate surface area is 126 Å². The van der Waals surface area contributed by atoms with Crippen LogP contribution in [0.15, 0.2) is 24.3 Å². The van der Waals surface area contributed by atoms with E-state index in [1.807, 2.05) is 0 Å². The summed E-state index contributed by atoms with van der Waals surface area (Å²) in [6, 6.07) is 4.81. The van der Waals surface area contributed by atoms with Crippen molar-refractivity contribution < 1.29 is 26.7 Å². The number of alkyl halides is 2. The molecule has 1 heterocycles. The van der Waals surface area contributed by atoms with Crippen molar-refractivity contribution in [3.63, 3.8) is 0 Å². The normalized spacial score (nSPS) is 18.7. The topological polar surface area (TPSA) is 89.7 Å². The van der Waals surface area contributed by atoms with Crippen LogP contribution in [0.25, 0.3) is 0 Å². The number of nitrogens with zero attached hydrogens (tertiary/aromatic N) is 1. The molecular formula is C13H16F2N2O4S. The van der Waals surface area contributed by atoms with Crippen molar-refractivity contribution in [1.29, 1.82) is 0 Å². The first kappa shape index (κ1) is 16.6. The van der Waals surface area contributed by atoms with Crippen LogP contribution in [0.5, 0.6) is 5.75 Å². The third-order valence-corrected chi connectivity index (χ3v) is 4.24. The quantitative estimate of drug-likeness (QED) is 0.875. The standard InChI is InChI=1S/C13H16F2N2O4S/c14-13(15)21-11-5-3-9(4-6-11)12(18)17-7-1-2-10(17)8-22(16,19)20/h3-6,10,13H,1-2,7-8H2,(H2,16,19,20)/t10-/m0/s1. The molecule has 122 valence electrons. The summed E-state index contributed by atoms with van der Waals surface area (Å²) >= 11 is 0. The predicted molar refractivity (Wildman–Crippen MR) is 75.1 cm³/mol. The summed E-state index contributed by atoms with van der Waals surface area (Å²) in [4.78, 5) is 13.8. The molecule has 0 saturated carbocycles. The molecular weight excluding hydrogens is 318 g/mol. The highest BCUT2D eigenvalue weighted by molar-refractivity contribution is 7.89. The molecule has 0 spiro atoms. The Bertz CT molecular complexity index is 634. The van der Waals surface area contributed by atoms with Crippen LogP contribution >= 0.6 is 0 Å². The number of ether oxygens (including phenoxy) is 1. The van der Waals surface area contributed by atoms with Crippen LogP contribution in [0.1, 0.15) is 23.2 Å². The summed E-state index contributed by atoms with van der Waals surface area (Å²) in [5.74, 6) is -0.686. The van der Waals surface area contributed by atoms with Crippen LogP contribution in [-0.4, -0.2) is 44.2 Å². The molecule has 1 saturated heterocycles. The van der Waals surface area contributed by atoms with Crippen molar-refractivity contribution in [2.45, 2.75) is 25.5 Å². The van der Waals surface area contributed by atoms with Gasteiger partial charge in [-0.2, -0.15) is 8.78 Å². The zero-order chi connectivity index (χ0) is 16.3. The van der Waals surface area contributed by atoms with Crippen molar-refractivity contribution in [3.8, 4) is 5.75 Å². The number of hydrogen-bond donors (Lipinski definition) is 1. The molecule has 0 unspecified atom stereocenters. The number of likely N-dealkylation sites (tertiary alicyclic amines) is 1. The highest BCUT2D eigenvalue weighted by Crippen LogP contribution is 2.22. The molecule has 0 aromatic heterocycles. The van der Waals surface area contributed by atoms with Gasteiger partial charge in [0, 0.05) is 18.2 Å². The van der Waals surface area contributed by atoms with E-state index in [2.05, 4.69) is 4.74 Å². The molecule has 1 aromatic rings. The van der Waals surface area contributed by atoms with E-state index in [1.165, 1.54) is 29.2 Å². The van der Waals surface area contributed by atoms with E-state index in [0.29, 0.717) is 19.4 Å². The van der Waals surface area contributed by atoms with Crippen molar-refractivity contribution in [3.05, 3.63) is 29.8 Å². The zero-order valence-corrected chi connectivity index (χ0v) is 12.4.